The zero-order valence-corrected chi connectivity index (χ0v) is 14.3. The Morgan fingerprint density at radius 3 is 2.12 bits per heavy atom. The molecule has 0 aromatic heterocycles. The van der Waals surface area contributed by atoms with E-state index in [2.05, 4.69) is 0 Å². The summed E-state index contributed by atoms with van der Waals surface area (Å²) in [5, 5.41) is 0. The topological polar surface area (TPSA) is 29.5 Å². The van der Waals surface area contributed by atoms with Crippen LogP contribution in [0.15, 0.2) is 91.0 Å². The van der Waals surface area contributed by atoms with Crippen LogP contribution in [-0.4, -0.2) is 17.5 Å². The molecule has 1 amide bonds. The smallest absolute Gasteiger partial charge is 0.410 e. The zero-order chi connectivity index (χ0) is 18.2. The van der Waals surface area contributed by atoms with Gasteiger partial charge in [0.2, 0.25) is 0 Å². The van der Waals surface area contributed by atoms with E-state index in [9.17, 15) is 9.18 Å². The first-order valence-corrected chi connectivity index (χ1v) is 8.47. The number of amides is 1. The Bertz CT molecular complexity index is 797. The highest BCUT2D eigenvalue weighted by atomic mass is 19.1. The highest BCUT2D eigenvalue weighted by Gasteiger charge is 2.32. The van der Waals surface area contributed by atoms with Crippen molar-refractivity contribution in [1.29, 1.82) is 0 Å². The Morgan fingerprint density at radius 1 is 0.885 bits per heavy atom. The molecule has 1 fully saturated rings. The Kier molecular flexibility index (Phi) is 5.99. The number of halogens is 1. The summed E-state index contributed by atoms with van der Waals surface area (Å²) in [6.07, 6.45) is -0.611. The van der Waals surface area contributed by atoms with Gasteiger partial charge < -0.3 is 4.74 Å². The third kappa shape index (κ3) is 4.93. The van der Waals surface area contributed by atoms with E-state index >= 15 is 0 Å². The summed E-state index contributed by atoms with van der Waals surface area (Å²) in [6.45, 7) is 0.847. The lowest BCUT2D eigenvalue weighted by Gasteiger charge is -2.12. The molecule has 3 nitrogen and oxygen atoms in total. The first-order valence-electron chi connectivity index (χ1n) is 8.47. The average molecular weight is 349 g/mol. The van der Waals surface area contributed by atoms with Crippen molar-refractivity contribution in [2.45, 2.75) is 12.6 Å². The summed E-state index contributed by atoms with van der Waals surface area (Å²) in [7, 11) is 0. The first-order chi connectivity index (χ1) is 12.7. The number of nitrogens with zero attached hydrogens (tertiary/aromatic N) is 1. The Balaban J connectivity index is 0.000000278. The third-order valence-electron chi connectivity index (χ3n) is 3.99. The lowest BCUT2D eigenvalue weighted by atomic mass is 10.1. The monoisotopic (exact) mass is 349 g/mol. The second kappa shape index (κ2) is 8.81. The van der Waals surface area contributed by atoms with Crippen molar-refractivity contribution in [3.05, 3.63) is 108 Å². The van der Waals surface area contributed by atoms with Crippen LogP contribution in [0.4, 0.5) is 9.18 Å². The fourth-order valence-corrected chi connectivity index (χ4v) is 2.72. The van der Waals surface area contributed by atoms with Crippen molar-refractivity contribution >= 4 is 6.09 Å². The predicted octanol–water partition coefficient (Wildman–Crippen LogP) is 5.21. The van der Waals surface area contributed by atoms with E-state index in [1.54, 1.807) is 17.0 Å². The van der Waals surface area contributed by atoms with Gasteiger partial charge in [0.15, 0.2) is 0 Å². The zero-order valence-electron chi connectivity index (χ0n) is 14.3. The van der Waals surface area contributed by atoms with Gasteiger partial charge in [-0.25, -0.2) is 9.18 Å². The molecule has 1 atom stereocenters. The van der Waals surface area contributed by atoms with Crippen LogP contribution in [0.3, 0.4) is 0 Å². The lowest BCUT2D eigenvalue weighted by Crippen LogP contribution is -2.23. The van der Waals surface area contributed by atoms with Gasteiger partial charge in [-0.05, 0) is 23.3 Å². The minimum atomic E-state index is -0.358. The van der Waals surface area contributed by atoms with Crippen LogP contribution in [0.1, 0.15) is 17.2 Å². The van der Waals surface area contributed by atoms with Crippen LogP contribution >= 0.6 is 0 Å². The number of cyclic esters (lactones) is 1. The quantitative estimate of drug-likeness (QED) is 0.650. The van der Waals surface area contributed by atoms with Gasteiger partial charge in [0.1, 0.15) is 11.9 Å². The molecule has 0 N–H and O–H groups in total. The van der Waals surface area contributed by atoms with Gasteiger partial charge in [0.05, 0.1) is 6.54 Å². The number of ether oxygens (including phenoxy) is 1. The molecular weight excluding hydrogens is 329 g/mol. The second-order valence-corrected chi connectivity index (χ2v) is 5.95. The number of carbonyl (C=O) groups excluding carboxylic acids is 1. The summed E-state index contributed by atoms with van der Waals surface area (Å²) in [4.78, 5) is 13.4. The predicted molar refractivity (Wildman–Crippen MR) is 98.9 cm³/mol. The maximum absolute atomic E-state index is 13.1. The van der Waals surface area contributed by atoms with Crippen LogP contribution in [-0.2, 0) is 11.3 Å². The van der Waals surface area contributed by atoms with E-state index in [-0.39, 0.29) is 18.0 Å². The highest BCUT2D eigenvalue weighted by molar-refractivity contribution is 5.70. The summed E-state index contributed by atoms with van der Waals surface area (Å²) >= 11 is 0. The van der Waals surface area contributed by atoms with Crippen molar-refractivity contribution in [2.75, 3.05) is 6.54 Å². The summed E-state index contributed by atoms with van der Waals surface area (Å²) in [6, 6.07) is 27.9. The van der Waals surface area contributed by atoms with Crippen LogP contribution in [0.25, 0.3) is 0 Å². The Hall–Kier alpha value is -3.14. The minimum Gasteiger partial charge on any atom is -0.439 e. The molecule has 0 bridgehead atoms. The van der Waals surface area contributed by atoms with Crippen LogP contribution in [0, 0.1) is 5.82 Å². The molecule has 0 unspecified atom stereocenters. The van der Waals surface area contributed by atoms with Crippen LogP contribution < -0.4 is 0 Å². The molecule has 4 rings (SSSR count). The van der Waals surface area contributed by atoms with Crippen molar-refractivity contribution in [1.82, 2.24) is 4.90 Å². The van der Waals surface area contributed by atoms with E-state index in [4.69, 9.17) is 4.74 Å². The standard InChI is InChI=1S/C16H14FNO2.C6H6/c17-14-8-4-5-12(9-14)10-18-11-15(20-16(18)19)13-6-2-1-3-7-13;1-2-4-6-5-3-1/h1-9,15H,10-11H2;1-6H/t15-;/m0./s1. The number of hydrogen-bond donors (Lipinski definition) is 0. The fourth-order valence-electron chi connectivity index (χ4n) is 2.72. The van der Waals surface area contributed by atoms with Crippen LogP contribution in [0.5, 0.6) is 0 Å². The molecule has 3 aromatic rings. The van der Waals surface area contributed by atoms with Gasteiger partial charge in [0.25, 0.3) is 0 Å². The molecule has 4 heteroatoms. The maximum atomic E-state index is 13.1. The Labute approximate surface area is 152 Å². The first kappa shape index (κ1) is 17.7. The largest absolute Gasteiger partial charge is 0.439 e. The van der Waals surface area contributed by atoms with E-state index in [1.807, 2.05) is 66.7 Å². The summed E-state index contributed by atoms with van der Waals surface area (Å²) in [5.74, 6) is -0.297. The molecule has 1 aliphatic heterocycles. The number of hydrogen-bond acceptors (Lipinski definition) is 2. The molecule has 1 saturated heterocycles. The van der Waals surface area contributed by atoms with Crippen molar-refractivity contribution in [3.8, 4) is 0 Å². The van der Waals surface area contributed by atoms with Gasteiger partial charge in [-0.1, -0.05) is 78.9 Å². The van der Waals surface area contributed by atoms with Crippen molar-refractivity contribution in [2.24, 2.45) is 0 Å². The molecule has 1 heterocycles. The van der Waals surface area contributed by atoms with Gasteiger partial charge in [0, 0.05) is 6.54 Å². The van der Waals surface area contributed by atoms with Gasteiger partial charge in [-0.15, -0.1) is 0 Å². The van der Waals surface area contributed by atoms with E-state index in [0.717, 1.165) is 11.1 Å². The van der Waals surface area contributed by atoms with Crippen LogP contribution in [0.2, 0.25) is 0 Å². The minimum absolute atomic E-state index is 0.253. The normalized spacial score (nSPS) is 15.8. The summed E-state index contributed by atoms with van der Waals surface area (Å²) < 4.78 is 18.5. The van der Waals surface area contributed by atoms with Gasteiger partial charge in [-0.2, -0.15) is 0 Å². The van der Waals surface area contributed by atoms with Gasteiger partial charge >= 0.3 is 6.09 Å². The molecule has 0 aliphatic carbocycles. The third-order valence-corrected chi connectivity index (χ3v) is 3.99. The Morgan fingerprint density at radius 2 is 1.50 bits per heavy atom. The fraction of sp³-hybridized carbons (Fsp3) is 0.136. The van der Waals surface area contributed by atoms with Gasteiger partial charge in [-0.3, -0.25) is 4.90 Å². The molecule has 132 valence electrons. The van der Waals surface area contributed by atoms with Crippen molar-refractivity contribution in [3.63, 3.8) is 0 Å². The molecule has 0 saturated carbocycles. The summed E-state index contributed by atoms with van der Waals surface area (Å²) in [5.41, 5.74) is 1.73. The van der Waals surface area contributed by atoms with E-state index < -0.39 is 0 Å². The SMILES string of the molecule is O=C1O[C@H](c2ccccc2)CN1Cc1cccc(F)c1.c1ccccc1. The maximum Gasteiger partial charge on any atom is 0.410 e. The van der Waals surface area contributed by atoms with Crippen molar-refractivity contribution < 1.29 is 13.9 Å². The number of benzene rings is 3. The molecule has 0 radical (unpaired) electrons. The van der Waals surface area contributed by atoms with E-state index in [0.29, 0.717) is 13.1 Å². The second-order valence-electron chi connectivity index (χ2n) is 5.95. The number of carbonyl (C=O) groups is 1. The molecular formula is C22H20FNO2. The molecule has 1 aliphatic rings. The lowest BCUT2D eigenvalue weighted by molar-refractivity contribution is 0.132. The molecule has 0 spiro atoms. The number of rotatable bonds is 3. The average Bonchev–Trinajstić information content (AvgIpc) is 3.05. The highest BCUT2D eigenvalue weighted by Crippen LogP contribution is 2.27. The molecule has 3 aromatic carbocycles. The molecule has 26 heavy (non-hydrogen) atoms. The van der Waals surface area contributed by atoms with E-state index in [1.165, 1.54) is 12.1 Å².